The monoisotopic (exact) mass is 262 g/mol. The van der Waals surface area contributed by atoms with E-state index in [1.165, 1.54) is 0 Å². The molecular formula is C15H22N2O2. The van der Waals surface area contributed by atoms with Gasteiger partial charge in [0.2, 0.25) is 5.91 Å². The van der Waals surface area contributed by atoms with Crippen molar-refractivity contribution in [1.82, 2.24) is 10.6 Å². The molecule has 0 aliphatic carbocycles. The predicted octanol–water partition coefficient (Wildman–Crippen LogP) is 1.97. The number of carbonyl (C=O) groups is 2. The minimum absolute atomic E-state index is 0.148. The predicted molar refractivity (Wildman–Crippen MR) is 75.8 cm³/mol. The molecular weight excluding hydrogens is 240 g/mol. The van der Waals surface area contributed by atoms with Gasteiger partial charge in [-0.2, -0.15) is 0 Å². The van der Waals surface area contributed by atoms with Crippen molar-refractivity contribution in [3.8, 4) is 0 Å². The molecule has 0 spiro atoms. The standard InChI is InChI=1S/C15H22N2O2/c1-11(2)9-10-16-14(18)12(3)17-15(19)13-7-5-4-6-8-13/h4-8,11-12H,9-10H2,1-3H3,(H,16,18)(H,17,19). The SMILES string of the molecule is CC(C)CCNC(=O)C(C)NC(=O)c1ccccc1. The Morgan fingerprint density at radius 2 is 1.74 bits per heavy atom. The van der Waals surface area contributed by atoms with E-state index in [9.17, 15) is 9.59 Å². The average Bonchev–Trinajstić information content (AvgIpc) is 2.39. The van der Waals surface area contributed by atoms with Gasteiger partial charge in [-0.25, -0.2) is 0 Å². The summed E-state index contributed by atoms with van der Waals surface area (Å²) in [5.74, 6) is 0.173. The minimum Gasteiger partial charge on any atom is -0.354 e. The molecule has 1 unspecified atom stereocenters. The van der Waals surface area contributed by atoms with Gasteiger partial charge in [0.05, 0.1) is 0 Å². The molecule has 4 heteroatoms. The first kappa shape index (κ1) is 15.2. The Hall–Kier alpha value is -1.84. The van der Waals surface area contributed by atoms with Gasteiger partial charge in [-0.05, 0) is 31.4 Å². The molecule has 0 fully saturated rings. The van der Waals surface area contributed by atoms with E-state index in [-0.39, 0.29) is 11.8 Å². The van der Waals surface area contributed by atoms with Crippen LogP contribution in [-0.4, -0.2) is 24.4 Å². The molecule has 0 radical (unpaired) electrons. The Labute approximate surface area is 114 Å². The smallest absolute Gasteiger partial charge is 0.251 e. The summed E-state index contributed by atoms with van der Waals surface area (Å²) in [6, 6.07) is 8.35. The maximum Gasteiger partial charge on any atom is 0.251 e. The van der Waals surface area contributed by atoms with Crippen molar-refractivity contribution in [1.29, 1.82) is 0 Å². The van der Waals surface area contributed by atoms with E-state index in [0.29, 0.717) is 18.0 Å². The number of nitrogens with one attached hydrogen (secondary N) is 2. The van der Waals surface area contributed by atoms with Crippen LogP contribution in [0.4, 0.5) is 0 Å². The van der Waals surface area contributed by atoms with Gasteiger partial charge in [0.1, 0.15) is 6.04 Å². The molecule has 0 saturated carbocycles. The zero-order chi connectivity index (χ0) is 14.3. The van der Waals surface area contributed by atoms with Crippen molar-refractivity contribution < 1.29 is 9.59 Å². The number of amides is 2. The fourth-order valence-electron chi connectivity index (χ4n) is 1.57. The first-order valence-corrected chi connectivity index (χ1v) is 6.64. The highest BCUT2D eigenvalue weighted by atomic mass is 16.2. The molecule has 0 heterocycles. The summed E-state index contributed by atoms with van der Waals surface area (Å²) in [4.78, 5) is 23.6. The summed E-state index contributed by atoms with van der Waals surface area (Å²) >= 11 is 0. The van der Waals surface area contributed by atoms with Gasteiger partial charge in [0, 0.05) is 12.1 Å². The fraction of sp³-hybridized carbons (Fsp3) is 0.467. The Bertz CT molecular complexity index is 415. The third-order valence-electron chi connectivity index (χ3n) is 2.80. The van der Waals surface area contributed by atoms with Crippen molar-refractivity contribution in [2.75, 3.05) is 6.54 Å². The normalized spacial score (nSPS) is 12.0. The highest BCUT2D eigenvalue weighted by Gasteiger charge is 2.15. The molecule has 4 nitrogen and oxygen atoms in total. The van der Waals surface area contributed by atoms with Crippen molar-refractivity contribution in [3.05, 3.63) is 35.9 Å². The highest BCUT2D eigenvalue weighted by Crippen LogP contribution is 1.99. The summed E-state index contributed by atoms with van der Waals surface area (Å²) in [5, 5.41) is 5.50. The summed E-state index contributed by atoms with van der Waals surface area (Å²) in [7, 11) is 0. The molecule has 104 valence electrons. The van der Waals surface area contributed by atoms with Crippen LogP contribution < -0.4 is 10.6 Å². The quantitative estimate of drug-likeness (QED) is 0.823. The van der Waals surface area contributed by atoms with Crippen LogP contribution in [0.5, 0.6) is 0 Å². The van der Waals surface area contributed by atoms with Crippen LogP contribution in [0.15, 0.2) is 30.3 Å². The molecule has 0 bridgehead atoms. The third-order valence-corrected chi connectivity index (χ3v) is 2.80. The largest absolute Gasteiger partial charge is 0.354 e. The van der Waals surface area contributed by atoms with Gasteiger partial charge >= 0.3 is 0 Å². The lowest BCUT2D eigenvalue weighted by Gasteiger charge is -2.14. The lowest BCUT2D eigenvalue weighted by molar-refractivity contribution is -0.122. The van der Waals surface area contributed by atoms with E-state index in [4.69, 9.17) is 0 Å². The van der Waals surface area contributed by atoms with Gasteiger partial charge in [-0.15, -0.1) is 0 Å². The molecule has 19 heavy (non-hydrogen) atoms. The zero-order valence-electron chi connectivity index (χ0n) is 11.8. The summed E-state index contributed by atoms with van der Waals surface area (Å²) < 4.78 is 0. The lowest BCUT2D eigenvalue weighted by Crippen LogP contribution is -2.45. The molecule has 2 N–H and O–H groups in total. The van der Waals surface area contributed by atoms with Crippen molar-refractivity contribution in [2.24, 2.45) is 5.92 Å². The molecule has 2 amide bonds. The Morgan fingerprint density at radius 1 is 1.11 bits per heavy atom. The lowest BCUT2D eigenvalue weighted by atomic mass is 10.1. The number of hydrogen-bond acceptors (Lipinski definition) is 2. The van der Waals surface area contributed by atoms with Crippen LogP contribution in [0.3, 0.4) is 0 Å². The molecule has 0 aromatic heterocycles. The Kier molecular flexibility index (Phi) is 6.06. The van der Waals surface area contributed by atoms with Crippen LogP contribution >= 0.6 is 0 Å². The molecule has 0 aliphatic heterocycles. The van der Waals surface area contributed by atoms with E-state index in [1.807, 2.05) is 6.07 Å². The summed E-state index contributed by atoms with van der Waals surface area (Å²) in [5.41, 5.74) is 0.560. The number of rotatable bonds is 6. The van der Waals surface area contributed by atoms with Gasteiger partial charge in [-0.3, -0.25) is 9.59 Å². The molecule has 0 saturated heterocycles. The maximum absolute atomic E-state index is 11.9. The fourth-order valence-corrected chi connectivity index (χ4v) is 1.57. The zero-order valence-corrected chi connectivity index (χ0v) is 11.8. The van der Waals surface area contributed by atoms with E-state index in [0.717, 1.165) is 6.42 Å². The first-order valence-electron chi connectivity index (χ1n) is 6.64. The highest BCUT2D eigenvalue weighted by molar-refractivity contribution is 5.97. The molecule has 1 atom stereocenters. The van der Waals surface area contributed by atoms with Crippen molar-refractivity contribution in [3.63, 3.8) is 0 Å². The van der Waals surface area contributed by atoms with Gasteiger partial charge < -0.3 is 10.6 Å². The summed E-state index contributed by atoms with van der Waals surface area (Å²) in [6.07, 6.45) is 0.936. The second-order valence-electron chi connectivity index (χ2n) is 5.03. The van der Waals surface area contributed by atoms with Gasteiger partial charge in [0.25, 0.3) is 5.91 Å². The van der Waals surface area contributed by atoms with E-state index < -0.39 is 6.04 Å². The number of carbonyl (C=O) groups excluding carboxylic acids is 2. The van der Waals surface area contributed by atoms with Crippen LogP contribution in [0.1, 0.15) is 37.6 Å². The Morgan fingerprint density at radius 3 is 2.32 bits per heavy atom. The molecule has 0 aliphatic rings. The molecule has 1 rings (SSSR count). The van der Waals surface area contributed by atoms with Crippen LogP contribution in [0.2, 0.25) is 0 Å². The second-order valence-corrected chi connectivity index (χ2v) is 5.03. The van der Waals surface area contributed by atoms with Crippen LogP contribution in [0, 0.1) is 5.92 Å². The minimum atomic E-state index is -0.528. The first-order chi connectivity index (χ1) is 9.00. The summed E-state index contributed by atoms with van der Waals surface area (Å²) in [6.45, 7) is 6.53. The van der Waals surface area contributed by atoms with E-state index >= 15 is 0 Å². The average molecular weight is 262 g/mol. The van der Waals surface area contributed by atoms with Gasteiger partial charge in [-0.1, -0.05) is 32.0 Å². The number of benzene rings is 1. The Balaban J connectivity index is 2.40. The van der Waals surface area contributed by atoms with E-state index in [2.05, 4.69) is 24.5 Å². The number of hydrogen-bond donors (Lipinski definition) is 2. The van der Waals surface area contributed by atoms with Crippen LogP contribution in [0.25, 0.3) is 0 Å². The van der Waals surface area contributed by atoms with Crippen LogP contribution in [-0.2, 0) is 4.79 Å². The molecule has 1 aromatic carbocycles. The third kappa shape index (κ3) is 5.55. The molecule has 1 aromatic rings. The van der Waals surface area contributed by atoms with Crippen molar-refractivity contribution >= 4 is 11.8 Å². The van der Waals surface area contributed by atoms with Gasteiger partial charge in [0.15, 0.2) is 0 Å². The van der Waals surface area contributed by atoms with E-state index in [1.54, 1.807) is 31.2 Å². The maximum atomic E-state index is 11.9. The topological polar surface area (TPSA) is 58.2 Å². The van der Waals surface area contributed by atoms with Crippen molar-refractivity contribution in [2.45, 2.75) is 33.2 Å². The second kappa shape index (κ2) is 7.56.